The molecule has 0 aliphatic heterocycles. The predicted octanol–water partition coefficient (Wildman–Crippen LogP) is 2.66. The molecule has 0 radical (unpaired) electrons. The zero-order chi connectivity index (χ0) is 16.8. The second-order valence-electron chi connectivity index (χ2n) is 6.14. The summed E-state index contributed by atoms with van der Waals surface area (Å²) in [5.41, 5.74) is 6.46. The van der Waals surface area contributed by atoms with Gasteiger partial charge in [-0.3, -0.25) is 4.79 Å². The summed E-state index contributed by atoms with van der Waals surface area (Å²) in [6.07, 6.45) is 0.924. The number of amides is 1. The number of hydrogen-bond donors (Lipinski definition) is 1. The summed E-state index contributed by atoms with van der Waals surface area (Å²) < 4.78 is 28.4. The van der Waals surface area contributed by atoms with Crippen LogP contribution in [0.15, 0.2) is 24.3 Å². The molecule has 0 fully saturated rings. The largest absolute Gasteiger partial charge is 0.435 e. The number of benzene rings is 1. The molecule has 6 heteroatoms. The van der Waals surface area contributed by atoms with Gasteiger partial charge in [-0.15, -0.1) is 0 Å². The SMILES string of the molecule is CN(CC(C)(C)CN)C(=O)CCc1ccc(OC(F)F)cc1. The van der Waals surface area contributed by atoms with E-state index in [0.717, 1.165) is 5.56 Å². The van der Waals surface area contributed by atoms with Crippen LogP contribution in [0.25, 0.3) is 0 Å². The van der Waals surface area contributed by atoms with E-state index in [2.05, 4.69) is 4.74 Å². The summed E-state index contributed by atoms with van der Waals surface area (Å²) in [6.45, 7) is 2.31. The second-order valence-corrected chi connectivity index (χ2v) is 6.14. The molecule has 1 rings (SSSR count). The van der Waals surface area contributed by atoms with Crippen LogP contribution in [0.2, 0.25) is 0 Å². The minimum Gasteiger partial charge on any atom is -0.435 e. The van der Waals surface area contributed by atoms with Crippen molar-refractivity contribution in [2.75, 3.05) is 20.1 Å². The molecule has 0 unspecified atom stereocenters. The van der Waals surface area contributed by atoms with Gasteiger partial charge in [0.25, 0.3) is 0 Å². The van der Waals surface area contributed by atoms with Gasteiger partial charge in [-0.25, -0.2) is 0 Å². The first-order valence-electron chi connectivity index (χ1n) is 7.21. The third kappa shape index (κ3) is 6.39. The highest BCUT2D eigenvalue weighted by Gasteiger charge is 2.20. The third-order valence-electron chi connectivity index (χ3n) is 3.42. The average molecular weight is 314 g/mol. The Balaban J connectivity index is 2.46. The smallest absolute Gasteiger partial charge is 0.387 e. The van der Waals surface area contributed by atoms with Gasteiger partial charge in [0.05, 0.1) is 0 Å². The third-order valence-corrected chi connectivity index (χ3v) is 3.42. The topological polar surface area (TPSA) is 55.6 Å². The predicted molar refractivity (Wildman–Crippen MR) is 81.9 cm³/mol. The van der Waals surface area contributed by atoms with Crippen LogP contribution in [0.1, 0.15) is 25.8 Å². The molecule has 0 heterocycles. The van der Waals surface area contributed by atoms with Crippen LogP contribution >= 0.6 is 0 Å². The monoisotopic (exact) mass is 314 g/mol. The van der Waals surface area contributed by atoms with E-state index < -0.39 is 6.61 Å². The molecule has 0 bridgehead atoms. The van der Waals surface area contributed by atoms with Crippen LogP contribution in [0, 0.1) is 5.41 Å². The van der Waals surface area contributed by atoms with Crippen LogP contribution in [-0.4, -0.2) is 37.6 Å². The van der Waals surface area contributed by atoms with Crippen molar-refractivity contribution in [2.24, 2.45) is 11.1 Å². The van der Waals surface area contributed by atoms with Gasteiger partial charge in [-0.2, -0.15) is 8.78 Å². The number of nitrogens with zero attached hydrogens (tertiary/aromatic N) is 1. The second kappa shape index (κ2) is 8.08. The number of hydrogen-bond acceptors (Lipinski definition) is 3. The molecule has 0 aliphatic rings. The fraction of sp³-hybridized carbons (Fsp3) is 0.562. The summed E-state index contributed by atoms with van der Waals surface area (Å²) in [6, 6.07) is 6.34. The maximum atomic E-state index is 12.1. The number of rotatable bonds is 8. The van der Waals surface area contributed by atoms with E-state index in [1.54, 1.807) is 24.1 Å². The number of alkyl halides is 2. The minimum atomic E-state index is -2.83. The van der Waals surface area contributed by atoms with E-state index in [-0.39, 0.29) is 17.1 Å². The van der Waals surface area contributed by atoms with Gasteiger partial charge in [-0.1, -0.05) is 26.0 Å². The van der Waals surface area contributed by atoms with Gasteiger partial charge in [0, 0.05) is 20.0 Å². The van der Waals surface area contributed by atoms with Gasteiger partial charge in [0.15, 0.2) is 0 Å². The molecule has 0 saturated heterocycles. The van der Waals surface area contributed by atoms with Crippen LogP contribution in [-0.2, 0) is 11.2 Å². The Bertz CT molecular complexity index is 476. The van der Waals surface area contributed by atoms with Crippen molar-refractivity contribution in [3.63, 3.8) is 0 Å². The number of carbonyl (C=O) groups excluding carboxylic acids is 1. The van der Waals surface area contributed by atoms with Crippen molar-refractivity contribution >= 4 is 5.91 Å². The van der Waals surface area contributed by atoms with E-state index >= 15 is 0 Å². The highest BCUT2D eigenvalue weighted by molar-refractivity contribution is 5.76. The molecule has 1 aromatic rings. The zero-order valence-corrected chi connectivity index (χ0v) is 13.3. The molecule has 124 valence electrons. The molecule has 0 saturated carbocycles. The number of halogens is 2. The molecule has 2 N–H and O–H groups in total. The van der Waals surface area contributed by atoms with Gasteiger partial charge in [0.1, 0.15) is 5.75 Å². The lowest BCUT2D eigenvalue weighted by Crippen LogP contribution is -2.39. The summed E-state index contributed by atoms with van der Waals surface area (Å²) in [4.78, 5) is 13.8. The molecule has 0 aliphatic carbocycles. The normalized spacial score (nSPS) is 11.6. The van der Waals surface area contributed by atoms with Crippen molar-refractivity contribution in [1.82, 2.24) is 4.90 Å². The average Bonchev–Trinajstić information content (AvgIpc) is 2.45. The number of aryl methyl sites for hydroxylation is 1. The van der Waals surface area contributed by atoms with Crippen LogP contribution in [0.5, 0.6) is 5.75 Å². The summed E-state index contributed by atoms with van der Waals surface area (Å²) in [7, 11) is 1.76. The Morgan fingerprint density at radius 1 is 1.32 bits per heavy atom. The molecule has 0 spiro atoms. The van der Waals surface area contributed by atoms with Crippen molar-refractivity contribution in [2.45, 2.75) is 33.3 Å². The molecule has 0 atom stereocenters. The maximum absolute atomic E-state index is 12.1. The Kier molecular flexibility index (Phi) is 6.74. The number of nitrogens with two attached hydrogens (primary N) is 1. The molecular weight excluding hydrogens is 290 g/mol. The van der Waals surface area contributed by atoms with Gasteiger partial charge < -0.3 is 15.4 Å². The standard InChI is InChI=1S/C16H24F2N2O2/c1-16(2,10-19)11-20(3)14(21)9-6-12-4-7-13(8-5-12)22-15(17)18/h4-5,7-8,15H,6,9-11,19H2,1-3H3. The Labute approximate surface area is 130 Å². The Morgan fingerprint density at radius 3 is 2.41 bits per heavy atom. The van der Waals surface area contributed by atoms with Crippen molar-refractivity contribution in [3.8, 4) is 5.75 Å². The fourth-order valence-corrected chi connectivity index (χ4v) is 2.07. The summed E-state index contributed by atoms with van der Waals surface area (Å²) in [5, 5.41) is 0. The highest BCUT2D eigenvalue weighted by Crippen LogP contribution is 2.17. The van der Waals surface area contributed by atoms with E-state index in [1.807, 2.05) is 13.8 Å². The first kappa shape index (κ1) is 18.4. The van der Waals surface area contributed by atoms with E-state index in [1.165, 1.54) is 12.1 Å². The van der Waals surface area contributed by atoms with Crippen molar-refractivity contribution in [3.05, 3.63) is 29.8 Å². The summed E-state index contributed by atoms with van der Waals surface area (Å²) in [5.74, 6) is 0.154. The lowest BCUT2D eigenvalue weighted by atomic mass is 9.93. The fourth-order valence-electron chi connectivity index (χ4n) is 2.07. The Morgan fingerprint density at radius 2 is 1.91 bits per heavy atom. The van der Waals surface area contributed by atoms with Crippen LogP contribution < -0.4 is 10.5 Å². The minimum absolute atomic E-state index is 0.0365. The molecule has 1 aromatic carbocycles. The van der Waals surface area contributed by atoms with E-state index in [4.69, 9.17) is 5.73 Å². The van der Waals surface area contributed by atoms with Crippen molar-refractivity contribution in [1.29, 1.82) is 0 Å². The van der Waals surface area contributed by atoms with Gasteiger partial charge >= 0.3 is 6.61 Å². The molecule has 22 heavy (non-hydrogen) atoms. The number of ether oxygens (including phenoxy) is 1. The van der Waals surface area contributed by atoms with Crippen LogP contribution in [0.3, 0.4) is 0 Å². The lowest BCUT2D eigenvalue weighted by Gasteiger charge is -2.29. The first-order valence-corrected chi connectivity index (χ1v) is 7.21. The molecule has 4 nitrogen and oxygen atoms in total. The van der Waals surface area contributed by atoms with Crippen LogP contribution in [0.4, 0.5) is 8.78 Å². The molecular formula is C16H24F2N2O2. The van der Waals surface area contributed by atoms with Crippen molar-refractivity contribution < 1.29 is 18.3 Å². The first-order chi connectivity index (χ1) is 10.2. The quantitative estimate of drug-likeness (QED) is 0.802. The number of carbonyl (C=O) groups is 1. The molecule has 1 amide bonds. The van der Waals surface area contributed by atoms with E-state index in [0.29, 0.717) is 25.9 Å². The molecule has 0 aromatic heterocycles. The van der Waals surface area contributed by atoms with E-state index in [9.17, 15) is 13.6 Å². The summed E-state index contributed by atoms with van der Waals surface area (Å²) >= 11 is 0. The van der Waals surface area contributed by atoms with Gasteiger partial charge in [-0.05, 0) is 36.1 Å². The zero-order valence-electron chi connectivity index (χ0n) is 13.3. The lowest BCUT2D eigenvalue weighted by molar-refractivity contribution is -0.131. The maximum Gasteiger partial charge on any atom is 0.387 e. The highest BCUT2D eigenvalue weighted by atomic mass is 19.3. The Hall–Kier alpha value is -1.69. The van der Waals surface area contributed by atoms with Gasteiger partial charge in [0.2, 0.25) is 5.91 Å².